The maximum atomic E-state index is 11.9. The number of nitrogens with zero attached hydrogens (tertiary/aromatic N) is 1. The number of rotatable bonds is 2. The molecule has 1 aliphatic carbocycles. The average molecular weight is 239 g/mol. The van der Waals surface area contributed by atoms with Gasteiger partial charge in [0.05, 0.1) is 5.60 Å². The van der Waals surface area contributed by atoms with Gasteiger partial charge >= 0.3 is 0 Å². The molecule has 0 aromatic heterocycles. The van der Waals surface area contributed by atoms with Crippen LogP contribution < -0.4 is 0 Å². The number of β-amino-alcohol motifs (C(OH)–C–C–N with tert-alkyl or cyclic N) is 1. The van der Waals surface area contributed by atoms with Crippen molar-refractivity contribution in [1.29, 1.82) is 0 Å². The van der Waals surface area contributed by atoms with Crippen LogP contribution >= 0.6 is 0 Å². The van der Waals surface area contributed by atoms with Gasteiger partial charge in [-0.2, -0.15) is 0 Å². The summed E-state index contributed by atoms with van der Waals surface area (Å²) >= 11 is 0. The number of carbonyl (C=O) groups is 1. The highest BCUT2D eigenvalue weighted by Crippen LogP contribution is 2.37. The first kappa shape index (κ1) is 13.0. The van der Waals surface area contributed by atoms with E-state index in [0.717, 1.165) is 45.3 Å². The predicted octanol–water partition coefficient (Wildman–Crippen LogP) is 1.84. The summed E-state index contributed by atoms with van der Waals surface area (Å²) in [5.74, 6) is 0.614. The second-order valence-corrected chi connectivity index (χ2v) is 7.01. The van der Waals surface area contributed by atoms with Crippen molar-refractivity contribution in [2.24, 2.45) is 11.3 Å². The normalized spacial score (nSPS) is 38.6. The molecule has 0 amide bonds. The Balaban J connectivity index is 1.92. The molecular formula is C14H25NO2. The van der Waals surface area contributed by atoms with Gasteiger partial charge in [0.25, 0.3) is 0 Å². The summed E-state index contributed by atoms with van der Waals surface area (Å²) in [6, 6.07) is 0. The minimum atomic E-state index is -0.548. The molecule has 0 aromatic rings. The Hall–Kier alpha value is -0.410. The first-order valence-electron chi connectivity index (χ1n) is 6.75. The van der Waals surface area contributed by atoms with Crippen LogP contribution in [0.15, 0.2) is 0 Å². The topological polar surface area (TPSA) is 40.5 Å². The summed E-state index contributed by atoms with van der Waals surface area (Å²) in [4.78, 5) is 14.2. The lowest BCUT2D eigenvalue weighted by Gasteiger charge is -2.36. The Bertz CT molecular complexity index is 309. The maximum absolute atomic E-state index is 11.9. The molecule has 2 unspecified atom stereocenters. The average Bonchev–Trinajstić information content (AvgIpc) is 2.52. The fourth-order valence-corrected chi connectivity index (χ4v) is 3.22. The third-order valence-corrected chi connectivity index (χ3v) is 4.31. The lowest BCUT2D eigenvalue weighted by Crippen LogP contribution is -2.39. The Labute approximate surface area is 104 Å². The Morgan fingerprint density at radius 3 is 2.65 bits per heavy atom. The van der Waals surface area contributed by atoms with Crippen molar-refractivity contribution in [2.45, 2.75) is 52.1 Å². The number of aliphatic hydroxyl groups is 1. The fourth-order valence-electron chi connectivity index (χ4n) is 3.22. The number of ketones is 1. The van der Waals surface area contributed by atoms with Crippen LogP contribution in [0, 0.1) is 11.3 Å². The van der Waals surface area contributed by atoms with E-state index in [-0.39, 0.29) is 5.92 Å². The Kier molecular flexibility index (Phi) is 3.34. The molecule has 2 atom stereocenters. The van der Waals surface area contributed by atoms with Crippen LogP contribution in [-0.2, 0) is 4.79 Å². The van der Waals surface area contributed by atoms with Crippen molar-refractivity contribution in [3.8, 4) is 0 Å². The second kappa shape index (κ2) is 4.36. The molecule has 98 valence electrons. The van der Waals surface area contributed by atoms with Crippen LogP contribution in [-0.4, -0.2) is 41.0 Å². The van der Waals surface area contributed by atoms with E-state index in [1.165, 1.54) is 0 Å². The highest BCUT2D eigenvalue weighted by molar-refractivity contribution is 5.82. The highest BCUT2D eigenvalue weighted by atomic mass is 16.3. The maximum Gasteiger partial charge on any atom is 0.137 e. The summed E-state index contributed by atoms with van der Waals surface area (Å²) in [6.45, 7) is 8.89. The zero-order chi connectivity index (χ0) is 12.7. The van der Waals surface area contributed by atoms with Crippen molar-refractivity contribution >= 4 is 5.78 Å². The molecule has 17 heavy (non-hydrogen) atoms. The molecule has 0 bridgehead atoms. The molecule has 0 radical (unpaired) electrons. The number of Topliss-reactive ketones (excluding diaryl/α,β-unsaturated/α-hetero) is 1. The van der Waals surface area contributed by atoms with E-state index in [9.17, 15) is 9.90 Å². The predicted molar refractivity (Wildman–Crippen MR) is 67.8 cm³/mol. The largest absolute Gasteiger partial charge is 0.389 e. The monoisotopic (exact) mass is 239 g/mol. The van der Waals surface area contributed by atoms with E-state index in [0.29, 0.717) is 11.2 Å². The van der Waals surface area contributed by atoms with Crippen LogP contribution in [0.25, 0.3) is 0 Å². The van der Waals surface area contributed by atoms with Gasteiger partial charge in [0.15, 0.2) is 0 Å². The van der Waals surface area contributed by atoms with Crippen molar-refractivity contribution < 1.29 is 9.90 Å². The number of likely N-dealkylation sites (tertiary alicyclic amines) is 1. The molecule has 0 spiro atoms. The van der Waals surface area contributed by atoms with Gasteiger partial charge in [0, 0.05) is 32.0 Å². The van der Waals surface area contributed by atoms with Gasteiger partial charge in [-0.25, -0.2) is 0 Å². The summed E-state index contributed by atoms with van der Waals surface area (Å²) < 4.78 is 0. The third-order valence-electron chi connectivity index (χ3n) is 4.31. The van der Waals surface area contributed by atoms with Crippen LogP contribution in [0.2, 0.25) is 0 Å². The van der Waals surface area contributed by atoms with Gasteiger partial charge in [0.1, 0.15) is 5.78 Å². The Morgan fingerprint density at radius 2 is 2.06 bits per heavy atom. The SMILES string of the molecule is CC1(C)CCC(=O)C(CN2CCC(C)(O)C2)C1. The molecule has 1 saturated carbocycles. The van der Waals surface area contributed by atoms with Gasteiger partial charge in [-0.3, -0.25) is 9.69 Å². The van der Waals surface area contributed by atoms with Gasteiger partial charge in [-0.05, 0) is 31.6 Å². The first-order chi connectivity index (χ1) is 7.77. The van der Waals surface area contributed by atoms with Crippen molar-refractivity contribution in [1.82, 2.24) is 4.90 Å². The van der Waals surface area contributed by atoms with E-state index in [4.69, 9.17) is 0 Å². The summed E-state index contributed by atoms with van der Waals surface area (Å²) in [5, 5.41) is 9.94. The molecular weight excluding hydrogens is 214 g/mol. The standard InChI is InChI=1S/C14H25NO2/c1-13(2)5-4-12(16)11(8-13)9-15-7-6-14(3,17)10-15/h11,17H,4-10H2,1-3H3. The highest BCUT2D eigenvalue weighted by Gasteiger charge is 2.37. The quantitative estimate of drug-likeness (QED) is 0.799. The van der Waals surface area contributed by atoms with Gasteiger partial charge in [0.2, 0.25) is 0 Å². The number of hydrogen-bond donors (Lipinski definition) is 1. The fraction of sp³-hybridized carbons (Fsp3) is 0.929. The molecule has 2 fully saturated rings. The van der Waals surface area contributed by atoms with Crippen LogP contribution in [0.1, 0.15) is 46.5 Å². The van der Waals surface area contributed by atoms with Crippen molar-refractivity contribution in [3.05, 3.63) is 0 Å². The van der Waals surface area contributed by atoms with E-state index in [2.05, 4.69) is 18.7 Å². The zero-order valence-electron chi connectivity index (χ0n) is 11.3. The van der Waals surface area contributed by atoms with E-state index < -0.39 is 5.60 Å². The molecule has 0 aromatic carbocycles. The van der Waals surface area contributed by atoms with Gasteiger partial charge in [-0.15, -0.1) is 0 Å². The molecule has 1 aliphatic heterocycles. The molecule has 3 nitrogen and oxygen atoms in total. The smallest absolute Gasteiger partial charge is 0.137 e. The van der Waals surface area contributed by atoms with Crippen LogP contribution in [0.3, 0.4) is 0 Å². The summed E-state index contributed by atoms with van der Waals surface area (Å²) in [5.41, 5.74) is -0.242. The summed E-state index contributed by atoms with van der Waals surface area (Å²) in [7, 11) is 0. The molecule has 1 saturated heterocycles. The summed E-state index contributed by atoms with van der Waals surface area (Å²) in [6.07, 6.45) is 3.60. The molecule has 1 heterocycles. The van der Waals surface area contributed by atoms with Crippen molar-refractivity contribution in [3.63, 3.8) is 0 Å². The molecule has 1 N–H and O–H groups in total. The Morgan fingerprint density at radius 1 is 1.35 bits per heavy atom. The minimum absolute atomic E-state index is 0.188. The van der Waals surface area contributed by atoms with Crippen molar-refractivity contribution in [2.75, 3.05) is 19.6 Å². The van der Waals surface area contributed by atoms with Gasteiger partial charge < -0.3 is 5.11 Å². The van der Waals surface area contributed by atoms with Crippen LogP contribution in [0.4, 0.5) is 0 Å². The van der Waals surface area contributed by atoms with E-state index in [1.807, 2.05) is 6.92 Å². The molecule has 2 aliphatic rings. The number of carbonyl (C=O) groups excluding carboxylic acids is 1. The lowest BCUT2D eigenvalue weighted by atomic mass is 9.71. The molecule has 3 heteroatoms. The molecule has 2 rings (SSSR count). The second-order valence-electron chi connectivity index (χ2n) is 7.01. The lowest BCUT2D eigenvalue weighted by molar-refractivity contribution is -0.127. The first-order valence-corrected chi connectivity index (χ1v) is 6.75. The minimum Gasteiger partial charge on any atom is -0.389 e. The zero-order valence-corrected chi connectivity index (χ0v) is 11.3. The van der Waals surface area contributed by atoms with E-state index in [1.54, 1.807) is 0 Å². The van der Waals surface area contributed by atoms with Gasteiger partial charge in [-0.1, -0.05) is 13.8 Å². The number of hydrogen-bond acceptors (Lipinski definition) is 3. The third kappa shape index (κ3) is 3.29. The van der Waals surface area contributed by atoms with Crippen LogP contribution in [0.5, 0.6) is 0 Å². The van der Waals surface area contributed by atoms with E-state index >= 15 is 0 Å².